The van der Waals surface area contributed by atoms with Gasteiger partial charge in [0.05, 0.1) is 20.3 Å². The number of aromatic nitrogens is 1. The summed E-state index contributed by atoms with van der Waals surface area (Å²) < 4.78 is 11.2. The lowest BCUT2D eigenvalue weighted by Gasteiger charge is -2.22. The van der Waals surface area contributed by atoms with E-state index in [0.717, 1.165) is 30.5 Å². The summed E-state index contributed by atoms with van der Waals surface area (Å²) in [6, 6.07) is 11.5. The van der Waals surface area contributed by atoms with Crippen molar-refractivity contribution in [2.24, 2.45) is 0 Å². The van der Waals surface area contributed by atoms with Crippen LogP contribution in [0.3, 0.4) is 0 Å². The van der Waals surface area contributed by atoms with E-state index in [1.54, 1.807) is 13.3 Å². The van der Waals surface area contributed by atoms with Crippen molar-refractivity contribution in [3.05, 3.63) is 59.1 Å². The van der Waals surface area contributed by atoms with Crippen LogP contribution in [-0.4, -0.2) is 25.2 Å². The molecule has 5 heteroatoms. The van der Waals surface area contributed by atoms with Crippen molar-refractivity contribution in [1.29, 1.82) is 0 Å². The molecule has 0 bridgehead atoms. The van der Waals surface area contributed by atoms with Gasteiger partial charge in [0.15, 0.2) is 11.5 Å². The second-order valence-corrected chi connectivity index (χ2v) is 6.08. The fraction of sp³-hybridized carbons (Fsp3) is 0.450. The number of nitrogens with zero attached hydrogens (tertiary/aromatic N) is 1. The van der Waals surface area contributed by atoms with Crippen molar-refractivity contribution in [2.45, 2.75) is 39.2 Å². The van der Waals surface area contributed by atoms with Gasteiger partial charge in [0.25, 0.3) is 0 Å². The number of pyridine rings is 1. The van der Waals surface area contributed by atoms with Crippen LogP contribution in [0, 0.1) is 5.21 Å². The van der Waals surface area contributed by atoms with Crippen LogP contribution >= 0.6 is 0 Å². The molecule has 1 unspecified atom stereocenters. The molecule has 0 aliphatic heterocycles. The van der Waals surface area contributed by atoms with Crippen molar-refractivity contribution in [1.82, 2.24) is 4.98 Å². The lowest BCUT2D eigenvalue weighted by atomic mass is 10.2. The Balaban J connectivity index is 1.89. The molecule has 2 rings (SSSR count). The number of methoxy groups -OCH3 is 1. The average molecular weight is 344 g/mol. The molecule has 1 aromatic heterocycles. The Kier molecular flexibility index (Phi) is 8.22. The fourth-order valence-electron chi connectivity index (χ4n) is 2.61. The molecular weight excluding hydrogens is 316 g/mol. The summed E-state index contributed by atoms with van der Waals surface area (Å²) in [5.74, 6) is 1.43. The van der Waals surface area contributed by atoms with Gasteiger partial charge < -0.3 is 19.7 Å². The smallest absolute Gasteiger partial charge is 0.161 e. The van der Waals surface area contributed by atoms with Gasteiger partial charge in [0, 0.05) is 23.9 Å². The van der Waals surface area contributed by atoms with E-state index in [0.29, 0.717) is 37.6 Å². The lowest BCUT2D eigenvalue weighted by molar-refractivity contribution is -0.862. The van der Waals surface area contributed by atoms with Crippen LogP contribution in [0.15, 0.2) is 42.6 Å². The van der Waals surface area contributed by atoms with Crippen LogP contribution in [0.2, 0.25) is 0 Å². The average Bonchev–Trinajstić information content (AvgIpc) is 2.65. The SMILES string of the molecule is CCCCCOc1cc(C[NH+]([O-])CCc2ccccn2)ccc1OC. The molecule has 1 atom stereocenters. The van der Waals surface area contributed by atoms with Gasteiger partial charge in [-0.05, 0) is 36.8 Å². The molecule has 5 nitrogen and oxygen atoms in total. The summed E-state index contributed by atoms with van der Waals surface area (Å²) in [5.41, 5.74) is 1.91. The first-order chi connectivity index (χ1) is 12.2. The van der Waals surface area contributed by atoms with Gasteiger partial charge in [-0.25, -0.2) is 0 Å². The topological polar surface area (TPSA) is 58.9 Å². The summed E-state index contributed by atoms with van der Waals surface area (Å²) in [6.45, 7) is 3.73. The minimum absolute atomic E-state index is 0.202. The number of hydroxylamine groups is 2. The van der Waals surface area contributed by atoms with E-state index in [4.69, 9.17) is 9.47 Å². The molecule has 25 heavy (non-hydrogen) atoms. The Morgan fingerprint density at radius 2 is 2.00 bits per heavy atom. The van der Waals surface area contributed by atoms with E-state index in [1.807, 2.05) is 36.4 Å². The standard InChI is InChI=1S/C20H28N2O3/c1-3-4-7-14-25-20-15-17(9-10-19(20)24-2)16-22(23)13-11-18-8-5-6-12-21-18/h5-6,8-10,12,15,22H,3-4,7,11,13-14,16H2,1-2H3. The van der Waals surface area contributed by atoms with E-state index in [-0.39, 0.29) is 5.06 Å². The molecule has 0 saturated heterocycles. The first kappa shape index (κ1) is 19.2. The molecule has 1 N–H and O–H groups in total. The van der Waals surface area contributed by atoms with Gasteiger partial charge in [-0.3, -0.25) is 4.98 Å². The third-order valence-corrected chi connectivity index (χ3v) is 4.02. The van der Waals surface area contributed by atoms with Crippen LogP contribution in [0.4, 0.5) is 0 Å². The second-order valence-electron chi connectivity index (χ2n) is 6.08. The lowest BCUT2D eigenvalue weighted by Crippen LogP contribution is -3.06. The molecule has 0 radical (unpaired) electrons. The first-order valence-electron chi connectivity index (χ1n) is 8.94. The highest BCUT2D eigenvalue weighted by molar-refractivity contribution is 5.42. The summed E-state index contributed by atoms with van der Waals surface area (Å²) in [7, 11) is 1.63. The highest BCUT2D eigenvalue weighted by Gasteiger charge is 2.08. The Bertz CT molecular complexity index is 620. The summed E-state index contributed by atoms with van der Waals surface area (Å²) in [6.07, 6.45) is 5.76. The minimum atomic E-state index is 0.202. The number of ether oxygens (including phenoxy) is 2. The predicted octanol–water partition coefficient (Wildman–Crippen LogP) is 2.78. The van der Waals surface area contributed by atoms with E-state index < -0.39 is 0 Å². The zero-order valence-electron chi connectivity index (χ0n) is 15.2. The largest absolute Gasteiger partial charge is 0.634 e. The van der Waals surface area contributed by atoms with Crippen molar-refractivity contribution in [3.63, 3.8) is 0 Å². The number of hydrogen-bond acceptors (Lipinski definition) is 4. The predicted molar refractivity (Wildman–Crippen MR) is 98.9 cm³/mol. The van der Waals surface area contributed by atoms with Gasteiger partial charge in [-0.15, -0.1) is 0 Å². The van der Waals surface area contributed by atoms with Crippen molar-refractivity contribution >= 4 is 0 Å². The zero-order chi connectivity index (χ0) is 17.9. The van der Waals surface area contributed by atoms with Crippen LogP contribution in [0.5, 0.6) is 11.5 Å². The number of benzene rings is 1. The Hall–Kier alpha value is -2.11. The Morgan fingerprint density at radius 1 is 1.12 bits per heavy atom. The molecule has 1 aromatic carbocycles. The second kappa shape index (κ2) is 10.7. The minimum Gasteiger partial charge on any atom is -0.634 e. The van der Waals surface area contributed by atoms with E-state index in [2.05, 4.69) is 11.9 Å². The van der Waals surface area contributed by atoms with Gasteiger partial charge >= 0.3 is 0 Å². The zero-order valence-corrected chi connectivity index (χ0v) is 15.2. The molecule has 0 amide bonds. The number of unbranched alkanes of at least 4 members (excludes halogenated alkanes) is 2. The highest BCUT2D eigenvalue weighted by Crippen LogP contribution is 2.28. The number of nitrogens with one attached hydrogen (secondary N) is 1. The maximum atomic E-state index is 12.3. The first-order valence-corrected chi connectivity index (χ1v) is 8.94. The summed E-state index contributed by atoms with van der Waals surface area (Å²) in [5, 5.41) is 12.5. The molecular formula is C20H28N2O3. The molecule has 0 aliphatic rings. The maximum absolute atomic E-state index is 12.3. The molecule has 0 saturated carbocycles. The number of quaternary nitrogens is 1. The molecule has 0 aliphatic carbocycles. The van der Waals surface area contributed by atoms with Crippen molar-refractivity contribution in [2.75, 3.05) is 20.3 Å². The third-order valence-electron chi connectivity index (χ3n) is 4.02. The molecule has 0 fully saturated rings. The summed E-state index contributed by atoms with van der Waals surface area (Å²) >= 11 is 0. The van der Waals surface area contributed by atoms with Crippen LogP contribution in [0.25, 0.3) is 0 Å². The van der Waals surface area contributed by atoms with E-state index >= 15 is 0 Å². The molecule has 136 valence electrons. The Morgan fingerprint density at radius 3 is 2.72 bits per heavy atom. The van der Waals surface area contributed by atoms with Crippen LogP contribution < -0.4 is 14.5 Å². The van der Waals surface area contributed by atoms with Gasteiger partial charge in [0.2, 0.25) is 0 Å². The normalized spacial score (nSPS) is 12.0. The highest BCUT2D eigenvalue weighted by atomic mass is 16.5. The molecule has 0 spiro atoms. The third kappa shape index (κ3) is 6.72. The van der Waals surface area contributed by atoms with Gasteiger partial charge in [-0.1, -0.05) is 25.8 Å². The maximum Gasteiger partial charge on any atom is 0.161 e. The quantitative estimate of drug-likeness (QED) is 0.503. The van der Waals surface area contributed by atoms with Gasteiger partial charge in [-0.2, -0.15) is 0 Å². The van der Waals surface area contributed by atoms with Crippen molar-refractivity contribution < 1.29 is 14.5 Å². The van der Waals surface area contributed by atoms with E-state index in [1.165, 1.54) is 0 Å². The number of rotatable bonds is 11. The van der Waals surface area contributed by atoms with E-state index in [9.17, 15) is 5.21 Å². The summed E-state index contributed by atoms with van der Waals surface area (Å²) in [4.78, 5) is 4.25. The van der Waals surface area contributed by atoms with Crippen molar-refractivity contribution in [3.8, 4) is 11.5 Å². The van der Waals surface area contributed by atoms with Crippen LogP contribution in [-0.2, 0) is 13.0 Å². The monoisotopic (exact) mass is 344 g/mol. The molecule has 1 heterocycles. The van der Waals surface area contributed by atoms with Crippen LogP contribution in [0.1, 0.15) is 37.4 Å². The number of hydrogen-bond donors (Lipinski definition) is 1. The Labute approximate surface area is 150 Å². The van der Waals surface area contributed by atoms with Gasteiger partial charge in [0.1, 0.15) is 6.54 Å². The fourth-order valence-corrected chi connectivity index (χ4v) is 2.61. The molecule has 2 aromatic rings.